The van der Waals surface area contributed by atoms with Crippen molar-refractivity contribution in [2.45, 2.75) is 36.9 Å². The second-order valence-electron chi connectivity index (χ2n) is 25.7. The Morgan fingerprint density at radius 1 is 0.191 bits per heavy atom. The van der Waals surface area contributed by atoms with Gasteiger partial charge in [-0.05, 0) is 210 Å². The van der Waals surface area contributed by atoms with E-state index in [0.29, 0.717) is 11.8 Å². The van der Waals surface area contributed by atoms with Crippen LogP contribution in [0.25, 0.3) is 143 Å². The summed E-state index contributed by atoms with van der Waals surface area (Å²) in [6.07, 6.45) is 2.27. The number of hydrogen-bond donors (Lipinski definition) is 0. The standard InChI is InChI=1S/C50H32.C42H32O2/c1-3-11-39-29-41(27-21-33(39)9-1)35-17-23-37(24-18-35)47-31-49-46-16-8-6-14-44(46)48(32-50(49)45-15-7-5-13-43(45)47)38-25-19-36(20-26-38)42-28-22-34-10-2-4-12-40(34)30-42;1-3-9-27(10-4-1)29-13-7-15-31(21-29)33-17-19-39-35(23-33)37-25-38-36-24-34(18-20-40(36)44-42(38)26-41(37)43-39)32-16-8-14-30(22-32)28-11-5-2-6-12-28/h1-32H;1-24,37-38,41-42H,25-26H2. The van der Waals surface area contributed by atoms with Crippen LogP contribution in [-0.4, -0.2) is 12.2 Å². The number of fused-ring (bicyclic) bond motifs is 13. The highest BCUT2D eigenvalue weighted by molar-refractivity contribution is 6.24. The predicted octanol–water partition coefficient (Wildman–Crippen LogP) is 24.7. The van der Waals surface area contributed by atoms with Crippen molar-refractivity contribution >= 4 is 53.9 Å². The van der Waals surface area contributed by atoms with Crippen LogP contribution in [0.4, 0.5) is 0 Å². The molecular formula is C92H64O2. The maximum Gasteiger partial charge on any atom is 0.123 e. The van der Waals surface area contributed by atoms with Gasteiger partial charge in [0, 0.05) is 29.4 Å². The zero-order valence-electron chi connectivity index (χ0n) is 51.9. The Morgan fingerprint density at radius 2 is 0.500 bits per heavy atom. The van der Waals surface area contributed by atoms with Gasteiger partial charge in [0.15, 0.2) is 0 Å². The SMILES string of the molecule is c1ccc(-c2cccc(-c3ccc4c(c3)C3CC5c6cc(-c7cccc(-c8ccccc8)c7)ccc6OC5CC3O4)c2)cc1.c1ccc2cc(-c3ccc(-c4cc5c6ccccc6c(-c6ccc(-c7ccc8ccccc8c7)cc6)cc5c5ccccc45)cc3)ccc2c1. The summed E-state index contributed by atoms with van der Waals surface area (Å²) in [6.45, 7) is 0. The van der Waals surface area contributed by atoms with Crippen molar-refractivity contribution in [1.82, 2.24) is 0 Å². The van der Waals surface area contributed by atoms with Crippen molar-refractivity contribution in [2.75, 3.05) is 0 Å². The molecule has 0 bridgehead atoms. The van der Waals surface area contributed by atoms with Crippen LogP contribution in [0.2, 0.25) is 0 Å². The summed E-state index contributed by atoms with van der Waals surface area (Å²) in [5.74, 6) is 2.80. The largest absolute Gasteiger partial charge is 0.489 e. The molecule has 4 unspecified atom stereocenters. The highest BCUT2D eigenvalue weighted by atomic mass is 16.5. The summed E-state index contributed by atoms with van der Waals surface area (Å²) in [5, 5.41) is 12.7. The van der Waals surface area contributed by atoms with Gasteiger partial charge in [-0.15, -0.1) is 0 Å². The molecule has 0 amide bonds. The fourth-order valence-electron chi connectivity index (χ4n) is 15.5. The van der Waals surface area contributed by atoms with E-state index < -0.39 is 0 Å². The van der Waals surface area contributed by atoms with Gasteiger partial charge in [0.2, 0.25) is 0 Å². The number of ether oxygens (including phenoxy) is 2. The Morgan fingerprint density at radius 3 is 0.936 bits per heavy atom. The molecule has 0 radical (unpaired) electrons. The van der Waals surface area contributed by atoms with Crippen LogP contribution in [0.1, 0.15) is 35.8 Å². The molecule has 0 aromatic heterocycles. The second-order valence-corrected chi connectivity index (χ2v) is 25.7. The Balaban J connectivity index is 0.000000139. The van der Waals surface area contributed by atoms with E-state index in [0.717, 1.165) is 24.3 Å². The first-order valence-electron chi connectivity index (χ1n) is 33.0. The molecule has 1 aliphatic carbocycles. The predicted molar refractivity (Wildman–Crippen MR) is 394 cm³/mol. The number of rotatable bonds is 8. The van der Waals surface area contributed by atoms with Crippen LogP contribution < -0.4 is 9.47 Å². The van der Waals surface area contributed by atoms with Crippen LogP contribution in [0.3, 0.4) is 0 Å². The topological polar surface area (TPSA) is 18.5 Å². The Hall–Kier alpha value is -11.6. The van der Waals surface area contributed by atoms with E-state index in [1.807, 2.05) is 0 Å². The highest BCUT2D eigenvalue weighted by Crippen LogP contribution is 2.56. The third-order valence-electron chi connectivity index (χ3n) is 20.3. The Bertz CT molecular complexity index is 5230. The molecule has 1 fully saturated rings. The molecule has 4 atom stereocenters. The third kappa shape index (κ3) is 10.1. The minimum Gasteiger partial charge on any atom is -0.489 e. The van der Waals surface area contributed by atoms with E-state index >= 15 is 0 Å². The van der Waals surface area contributed by atoms with E-state index in [2.05, 4.69) is 340 Å². The van der Waals surface area contributed by atoms with Crippen LogP contribution >= 0.6 is 0 Å². The van der Waals surface area contributed by atoms with E-state index in [4.69, 9.17) is 9.47 Å². The van der Waals surface area contributed by atoms with Gasteiger partial charge in [-0.2, -0.15) is 0 Å². The lowest BCUT2D eigenvalue weighted by Gasteiger charge is -2.33. The molecule has 16 aromatic rings. The molecule has 444 valence electrons. The summed E-state index contributed by atoms with van der Waals surface area (Å²) >= 11 is 0. The summed E-state index contributed by atoms with van der Waals surface area (Å²) in [6, 6.07) is 124. The molecule has 1 saturated carbocycles. The van der Waals surface area contributed by atoms with E-state index in [1.165, 1.54) is 154 Å². The second kappa shape index (κ2) is 23.3. The van der Waals surface area contributed by atoms with Crippen molar-refractivity contribution in [3.05, 3.63) is 351 Å². The van der Waals surface area contributed by atoms with Gasteiger partial charge in [0.05, 0.1) is 0 Å². The zero-order valence-corrected chi connectivity index (χ0v) is 51.9. The lowest BCUT2D eigenvalue weighted by Crippen LogP contribution is -2.36. The van der Waals surface area contributed by atoms with Crippen LogP contribution in [-0.2, 0) is 0 Å². The normalized spacial score (nSPS) is 16.0. The smallest absolute Gasteiger partial charge is 0.123 e. The first-order valence-corrected chi connectivity index (χ1v) is 33.0. The van der Waals surface area contributed by atoms with Crippen LogP contribution in [0.15, 0.2) is 340 Å². The molecule has 19 rings (SSSR count). The molecule has 2 heteroatoms. The maximum absolute atomic E-state index is 6.57. The van der Waals surface area contributed by atoms with Gasteiger partial charge < -0.3 is 9.47 Å². The first-order chi connectivity index (χ1) is 46.5. The molecule has 0 saturated heterocycles. The van der Waals surface area contributed by atoms with Gasteiger partial charge in [0.1, 0.15) is 23.7 Å². The van der Waals surface area contributed by atoms with E-state index in [9.17, 15) is 0 Å². The molecule has 0 N–H and O–H groups in total. The van der Waals surface area contributed by atoms with Crippen molar-refractivity contribution in [2.24, 2.45) is 0 Å². The summed E-state index contributed by atoms with van der Waals surface area (Å²) < 4.78 is 13.1. The van der Waals surface area contributed by atoms with Gasteiger partial charge >= 0.3 is 0 Å². The molecular weight excluding hydrogens is 1140 g/mol. The quantitative estimate of drug-likeness (QED) is 0.141. The molecule has 2 aliphatic heterocycles. The van der Waals surface area contributed by atoms with E-state index in [1.54, 1.807) is 0 Å². The fourth-order valence-corrected chi connectivity index (χ4v) is 15.5. The summed E-state index contributed by atoms with van der Waals surface area (Å²) in [5.41, 5.74) is 22.5. The summed E-state index contributed by atoms with van der Waals surface area (Å²) in [7, 11) is 0. The van der Waals surface area contributed by atoms with Crippen LogP contribution in [0.5, 0.6) is 11.5 Å². The van der Waals surface area contributed by atoms with Gasteiger partial charge in [-0.25, -0.2) is 0 Å². The Kier molecular flexibility index (Phi) is 13.7. The third-order valence-corrected chi connectivity index (χ3v) is 20.3. The van der Waals surface area contributed by atoms with Crippen LogP contribution in [0, 0.1) is 0 Å². The van der Waals surface area contributed by atoms with Crippen molar-refractivity contribution in [3.8, 4) is 101 Å². The average Bonchev–Trinajstić information content (AvgIpc) is 1.00. The Labute approximate surface area is 548 Å². The fraction of sp³-hybridized carbons (Fsp3) is 0.0652. The molecule has 3 aliphatic rings. The van der Waals surface area contributed by atoms with Gasteiger partial charge in [0.25, 0.3) is 0 Å². The molecule has 2 nitrogen and oxygen atoms in total. The minimum atomic E-state index is 0.161. The zero-order chi connectivity index (χ0) is 62.1. The molecule has 2 heterocycles. The highest BCUT2D eigenvalue weighted by Gasteiger charge is 2.48. The maximum atomic E-state index is 6.57. The van der Waals surface area contributed by atoms with Crippen molar-refractivity contribution in [1.29, 1.82) is 0 Å². The molecule has 0 spiro atoms. The lowest BCUT2D eigenvalue weighted by atomic mass is 9.73. The van der Waals surface area contributed by atoms with Gasteiger partial charge in [-0.1, -0.05) is 279 Å². The molecule has 94 heavy (non-hydrogen) atoms. The number of hydrogen-bond acceptors (Lipinski definition) is 2. The number of benzene rings is 16. The molecule has 16 aromatic carbocycles. The average molecular weight is 1200 g/mol. The van der Waals surface area contributed by atoms with E-state index in [-0.39, 0.29) is 12.2 Å². The summed E-state index contributed by atoms with van der Waals surface area (Å²) in [4.78, 5) is 0. The lowest BCUT2D eigenvalue weighted by molar-refractivity contribution is 0.0721. The van der Waals surface area contributed by atoms with Crippen molar-refractivity contribution < 1.29 is 9.47 Å². The van der Waals surface area contributed by atoms with Crippen molar-refractivity contribution in [3.63, 3.8) is 0 Å². The first kappa shape index (κ1) is 55.3. The minimum absolute atomic E-state index is 0.161. The van der Waals surface area contributed by atoms with Gasteiger partial charge in [-0.3, -0.25) is 0 Å². The monoisotopic (exact) mass is 1200 g/mol.